The summed E-state index contributed by atoms with van der Waals surface area (Å²) in [7, 11) is 0. The maximum absolute atomic E-state index is 12.2. The van der Waals surface area contributed by atoms with Crippen molar-refractivity contribution in [2.75, 3.05) is 24.3 Å². The molecule has 1 aliphatic heterocycles. The van der Waals surface area contributed by atoms with E-state index in [0.29, 0.717) is 11.6 Å². The first-order valence-electron chi connectivity index (χ1n) is 9.99. The van der Waals surface area contributed by atoms with E-state index in [2.05, 4.69) is 11.8 Å². The zero-order chi connectivity index (χ0) is 21.4. The highest BCUT2D eigenvalue weighted by molar-refractivity contribution is 8.00. The van der Waals surface area contributed by atoms with Gasteiger partial charge in [-0.2, -0.15) is 0 Å². The van der Waals surface area contributed by atoms with Crippen LogP contribution in [0.3, 0.4) is 0 Å². The van der Waals surface area contributed by atoms with Crippen LogP contribution in [0.15, 0.2) is 24.3 Å². The normalized spacial score (nSPS) is 19.8. The van der Waals surface area contributed by atoms with E-state index in [1.807, 2.05) is 38.1 Å². The minimum Gasteiger partial charge on any atom is -0.463 e. The highest BCUT2D eigenvalue weighted by Crippen LogP contribution is 2.32. The molecule has 7 heteroatoms. The molecule has 2 fully saturated rings. The molecule has 6 nitrogen and oxygen atoms in total. The van der Waals surface area contributed by atoms with E-state index in [-0.39, 0.29) is 19.6 Å². The molecule has 1 saturated carbocycles. The summed E-state index contributed by atoms with van der Waals surface area (Å²) in [6, 6.07) is 7.41. The van der Waals surface area contributed by atoms with Crippen molar-refractivity contribution in [1.29, 1.82) is 0 Å². The number of amides is 1. The van der Waals surface area contributed by atoms with Gasteiger partial charge in [-0.15, -0.1) is 11.8 Å². The number of cyclic esters (lactones) is 1. The third kappa shape index (κ3) is 6.15. The molecule has 29 heavy (non-hydrogen) atoms. The molecule has 1 saturated heterocycles. The maximum Gasteiger partial charge on any atom is 0.414 e. The van der Waals surface area contributed by atoms with E-state index >= 15 is 0 Å². The summed E-state index contributed by atoms with van der Waals surface area (Å²) in [6.45, 7) is 6.11. The number of hydrogen-bond acceptors (Lipinski definition) is 6. The van der Waals surface area contributed by atoms with E-state index in [9.17, 15) is 14.7 Å². The highest BCUT2D eigenvalue weighted by atomic mass is 32.2. The van der Waals surface area contributed by atoms with Crippen LogP contribution in [-0.2, 0) is 14.3 Å². The first-order chi connectivity index (χ1) is 13.9. The zero-order valence-corrected chi connectivity index (χ0v) is 18.3. The number of nitrogens with zero attached hydrogens (tertiary/aromatic N) is 1. The van der Waals surface area contributed by atoms with E-state index in [1.165, 1.54) is 17.7 Å². The second-order valence-electron chi connectivity index (χ2n) is 6.62. The molecule has 3 rings (SSSR count). The number of benzene rings is 1. The van der Waals surface area contributed by atoms with Crippen LogP contribution < -0.4 is 4.90 Å². The Morgan fingerprint density at radius 3 is 2.55 bits per heavy atom. The number of hydrogen-bond donors (Lipinski definition) is 1. The van der Waals surface area contributed by atoms with Crippen molar-refractivity contribution in [3.8, 4) is 11.8 Å². The monoisotopic (exact) mass is 419 g/mol. The minimum atomic E-state index is -1.74. The first-order valence-corrected chi connectivity index (χ1v) is 11.2. The number of esters is 1. The van der Waals surface area contributed by atoms with Gasteiger partial charge in [-0.3, -0.25) is 4.90 Å². The van der Waals surface area contributed by atoms with Crippen LogP contribution in [0.1, 0.15) is 45.6 Å². The predicted molar refractivity (Wildman–Crippen MR) is 115 cm³/mol. The molecule has 1 aliphatic carbocycles. The summed E-state index contributed by atoms with van der Waals surface area (Å²) in [6.07, 6.45) is 2.85. The van der Waals surface area contributed by atoms with Gasteiger partial charge in [-0.05, 0) is 50.3 Å². The van der Waals surface area contributed by atoms with Crippen molar-refractivity contribution in [1.82, 2.24) is 0 Å². The number of carbonyl (C=O) groups is 2. The van der Waals surface area contributed by atoms with Crippen molar-refractivity contribution in [3.63, 3.8) is 0 Å². The molecule has 2 aliphatic rings. The van der Waals surface area contributed by atoms with Crippen LogP contribution in [0.5, 0.6) is 0 Å². The van der Waals surface area contributed by atoms with Gasteiger partial charge < -0.3 is 14.6 Å². The summed E-state index contributed by atoms with van der Waals surface area (Å²) >= 11 is 0.976. The quantitative estimate of drug-likeness (QED) is 0.429. The molecule has 158 valence electrons. The molecule has 1 aromatic carbocycles. The van der Waals surface area contributed by atoms with Crippen LogP contribution in [0, 0.1) is 17.8 Å². The topological polar surface area (TPSA) is 76.1 Å². The van der Waals surface area contributed by atoms with Gasteiger partial charge in [0.25, 0.3) is 0 Å². The van der Waals surface area contributed by atoms with Crippen LogP contribution in [0.2, 0.25) is 0 Å². The first kappa shape index (κ1) is 23.1. The number of ether oxygens (including phenoxy) is 2. The van der Waals surface area contributed by atoms with Crippen LogP contribution in [-0.4, -0.2) is 47.6 Å². The van der Waals surface area contributed by atoms with E-state index in [4.69, 9.17) is 9.47 Å². The molecule has 2 atom stereocenters. The molecule has 1 aromatic rings. The second-order valence-corrected chi connectivity index (χ2v) is 7.70. The SMILES string of the molecule is CC.CCOC(=O)C(O)(CC1CN(c2ccc(C#CC3CC3)cc2)C(=O)O1)SC. The van der Waals surface area contributed by atoms with Crippen molar-refractivity contribution in [2.24, 2.45) is 5.92 Å². The van der Waals surface area contributed by atoms with Gasteiger partial charge in [-0.1, -0.05) is 25.7 Å². The maximum atomic E-state index is 12.2. The summed E-state index contributed by atoms with van der Waals surface area (Å²) in [5, 5.41) is 10.5. The van der Waals surface area contributed by atoms with Gasteiger partial charge in [0.1, 0.15) is 6.10 Å². The number of anilines is 1. The Morgan fingerprint density at radius 1 is 1.34 bits per heavy atom. The lowest BCUT2D eigenvalue weighted by Gasteiger charge is -2.25. The fourth-order valence-electron chi connectivity index (χ4n) is 2.78. The predicted octanol–water partition coefficient (Wildman–Crippen LogP) is 3.80. The Morgan fingerprint density at radius 2 is 2.00 bits per heavy atom. The van der Waals surface area contributed by atoms with Gasteiger partial charge >= 0.3 is 12.1 Å². The third-order valence-electron chi connectivity index (χ3n) is 4.49. The number of aliphatic hydroxyl groups is 1. The lowest BCUT2D eigenvalue weighted by molar-refractivity contribution is -0.157. The molecule has 0 aromatic heterocycles. The Balaban J connectivity index is 0.00000145. The van der Waals surface area contributed by atoms with Gasteiger partial charge in [0, 0.05) is 23.6 Å². The van der Waals surface area contributed by atoms with Crippen molar-refractivity contribution in [3.05, 3.63) is 29.8 Å². The summed E-state index contributed by atoms with van der Waals surface area (Å²) in [5.41, 5.74) is 1.61. The lowest BCUT2D eigenvalue weighted by atomic mass is 10.1. The number of rotatable bonds is 6. The van der Waals surface area contributed by atoms with Gasteiger partial charge in [0.2, 0.25) is 4.93 Å². The molecule has 0 bridgehead atoms. The Kier molecular flexibility index (Phi) is 8.42. The van der Waals surface area contributed by atoms with Crippen LogP contribution in [0.4, 0.5) is 10.5 Å². The smallest absolute Gasteiger partial charge is 0.414 e. The summed E-state index contributed by atoms with van der Waals surface area (Å²) in [4.78, 5) is 24.0. The Bertz CT molecular complexity index is 766. The van der Waals surface area contributed by atoms with Crippen molar-refractivity contribution < 1.29 is 24.2 Å². The van der Waals surface area contributed by atoms with Crippen molar-refractivity contribution >= 4 is 29.5 Å². The van der Waals surface area contributed by atoms with Gasteiger partial charge in [0.15, 0.2) is 0 Å². The lowest BCUT2D eigenvalue weighted by Crippen LogP contribution is -2.40. The molecule has 2 unspecified atom stereocenters. The Labute approximate surface area is 176 Å². The van der Waals surface area contributed by atoms with Crippen LogP contribution >= 0.6 is 11.8 Å². The fraction of sp³-hybridized carbons (Fsp3) is 0.545. The van der Waals surface area contributed by atoms with Crippen LogP contribution in [0.25, 0.3) is 0 Å². The molecular formula is C22H29NO5S. The molecule has 0 spiro atoms. The van der Waals surface area contributed by atoms with E-state index in [1.54, 1.807) is 13.2 Å². The highest BCUT2D eigenvalue weighted by Gasteiger charge is 2.44. The standard InChI is InChI=1S/C20H23NO5S.C2H6/c1-3-25-18(22)20(24,27-2)12-17-13-21(19(23)26-17)16-10-8-15(9-11-16)7-6-14-4-5-14;1-2/h8-11,14,17,24H,3-5,12-13H2,1-2H3;1-2H3. The largest absolute Gasteiger partial charge is 0.463 e. The van der Waals surface area contributed by atoms with E-state index < -0.39 is 23.1 Å². The number of thioether (sulfide) groups is 1. The fourth-order valence-corrected chi connectivity index (χ4v) is 3.36. The van der Waals surface area contributed by atoms with Gasteiger partial charge in [0.05, 0.1) is 13.2 Å². The third-order valence-corrected chi connectivity index (χ3v) is 5.50. The van der Waals surface area contributed by atoms with Crippen molar-refractivity contribution in [2.45, 2.75) is 51.1 Å². The molecule has 0 radical (unpaired) electrons. The summed E-state index contributed by atoms with van der Waals surface area (Å²) in [5.74, 6) is 6.16. The average molecular weight is 420 g/mol. The number of carbonyl (C=O) groups excluding carboxylic acids is 2. The molecule has 1 N–H and O–H groups in total. The Hall–Kier alpha value is -2.17. The molecular weight excluding hydrogens is 390 g/mol. The molecule has 1 amide bonds. The minimum absolute atomic E-state index is 0.0276. The zero-order valence-electron chi connectivity index (χ0n) is 17.4. The average Bonchev–Trinajstić information content (AvgIpc) is 3.50. The second kappa shape index (κ2) is 10.6. The van der Waals surface area contributed by atoms with E-state index in [0.717, 1.165) is 17.3 Å². The van der Waals surface area contributed by atoms with Gasteiger partial charge in [-0.25, -0.2) is 9.59 Å². The molecule has 1 heterocycles. The summed E-state index contributed by atoms with van der Waals surface area (Å²) < 4.78 is 10.3.